The maximum Gasteiger partial charge on any atom is 0.416 e. The molecule has 2 heterocycles. The van der Waals surface area contributed by atoms with E-state index >= 15 is 0 Å². The van der Waals surface area contributed by atoms with E-state index in [1.807, 2.05) is 0 Å². The van der Waals surface area contributed by atoms with Gasteiger partial charge < -0.3 is 10.6 Å². The number of fused-ring (bicyclic) bond motifs is 3. The predicted octanol–water partition coefficient (Wildman–Crippen LogP) is 5.01. The lowest BCUT2D eigenvalue weighted by Crippen LogP contribution is -2.21. The summed E-state index contributed by atoms with van der Waals surface area (Å²) in [5, 5.41) is 8.80. The Bertz CT molecular complexity index is 1870. The fourth-order valence-corrected chi connectivity index (χ4v) is 6.02. The molecule has 208 valence electrons. The molecule has 0 radical (unpaired) electrons. The number of amides is 2. The van der Waals surface area contributed by atoms with Crippen LogP contribution in [0.1, 0.15) is 43.4 Å². The molecule has 3 aromatic carbocycles. The van der Waals surface area contributed by atoms with Crippen LogP contribution >= 0.6 is 11.6 Å². The third kappa shape index (κ3) is 4.66. The van der Waals surface area contributed by atoms with E-state index in [2.05, 4.69) is 15.7 Å². The van der Waals surface area contributed by atoms with Crippen molar-refractivity contribution in [1.82, 2.24) is 15.1 Å². The van der Waals surface area contributed by atoms with Crippen molar-refractivity contribution < 1.29 is 40.0 Å². The number of aryl methyl sites for hydroxylation is 1. The quantitative estimate of drug-likeness (QED) is 0.321. The molecular weight excluding hydrogens is 583 g/mol. The normalized spacial score (nSPS) is 15.3. The topological polar surface area (TPSA) is 110 Å². The Balaban J connectivity index is 1.77. The van der Waals surface area contributed by atoms with Gasteiger partial charge >= 0.3 is 6.18 Å². The molecule has 1 unspecified atom stereocenters. The number of carbonyl (C=O) groups excluding carboxylic acids is 2. The molecule has 4 aromatic rings. The van der Waals surface area contributed by atoms with Gasteiger partial charge in [0, 0.05) is 46.1 Å². The van der Waals surface area contributed by atoms with Crippen LogP contribution < -0.4 is 10.6 Å². The highest BCUT2D eigenvalue weighted by atomic mass is 35.5. The standard InChI is InChI=1S/C25H16ClF5N4O4S/c1-35-24(40(2,38)39)15-9-17(32-22(36)10-5-11(25(29,30)31)7-13(28)6-10)18-19(21(15)34-35)23(37)33-20(18)14-8-12(27)3-4-16(14)26/h3-9,20H,1-2H3,(H,32,36)(H,33,37). The molecule has 0 spiro atoms. The van der Waals surface area contributed by atoms with E-state index in [4.69, 9.17) is 11.6 Å². The molecule has 1 aliphatic rings. The molecule has 0 fully saturated rings. The number of hydrogen-bond donors (Lipinski definition) is 2. The van der Waals surface area contributed by atoms with Crippen molar-refractivity contribution in [3.05, 3.63) is 86.9 Å². The number of carbonyl (C=O) groups is 2. The summed E-state index contributed by atoms with van der Waals surface area (Å²) in [5.41, 5.74) is -2.48. The molecule has 40 heavy (non-hydrogen) atoms. The highest BCUT2D eigenvalue weighted by Gasteiger charge is 2.39. The highest BCUT2D eigenvalue weighted by Crippen LogP contribution is 2.44. The Morgan fingerprint density at radius 3 is 2.45 bits per heavy atom. The Labute approximate surface area is 227 Å². The van der Waals surface area contributed by atoms with Gasteiger partial charge in [0.1, 0.15) is 17.2 Å². The fourth-order valence-electron chi connectivity index (χ4n) is 4.72. The molecule has 0 saturated heterocycles. The number of benzene rings is 3. The maximum absolute atomic E-state index is 14.2. The zero-order valence-electron chi connectivity index (χ0n) is 20.3. The largest absolute Gasteiger partial charge is 0.416 e. The van der Waals surface area contributed by atoms with Crippen molar-refractivity contribution in [2.75, 3.05) is 11.6 Å². The van der Waals surface area contributed by atoms with Gasteiger partial charge in [-0.1, -0.05) is 11.6 Å². The molecule has 0 saturated carbocycles. The van der Waals surface area contributed by atoms with Crippen LogP contribution in [0.5, 0.6) is 0 Å². The zero-order chi connectivity index (χ0) is 29.3. The van der Waals surface area contributed by atoms with Gasteiger partial charge in [0.05, 0.1) is 17.2 Å². The van der Waals surface area contributed by atoms with Crippen molar-refractivity contribution >= 4 is 49.8 Å². The Hall–Kier alpha value is -4.04. The molecule has 1 aromatic heterocycles. The number of sulfone groups is 1. The predicted molar refractivity (Wildman–Crippen MR) is 134 cm³/mol. The molecule has 2 amide bonds. The van der Waals surface area contributed by atoms with Crippen LogP contribution in [-0.4, -0.2) is 36.3 Å². The average molecular weight is 599 g/mol. The summed E-state index contributed by atoms with van der Waals surface area (Å²) in [5.74, 6) is -3.98. The summed E-state index contributed by atoms with van der Waals surface area (Å²) in [4.78, 5) is 26.3. The smallest absolute Gasteiger partial charge is 0.341 e. The van der Waals surface area contributed by atoms with Crippen LogP contribution in [0.15, 0.2) is 47.5 Å². The van der Waals surface area contributed by atoms with E-state index in [0.717, 1.165) is 23.1 Å². The van der Waals surface area contributed by atoms with Gasteiger partial charge in [0.2, 0.25) is 0 Å². The second kappa shape index (κ2) is 9.27. The summed E-state index contributed by atoms with van der Waals surface area (Å²) in [7, 11) is -2.62. The van der Waals surface area contributed by atoms with Crippen LogP contribution in [0.3, 0.4) is 0 Å². The Morgan fingerprint density at radius 1 is 1.10 bits per heavy atom. The minimum atomic E-state index is -4.95. The first kappa shape index (κ1) is 27.5. The van der Waals surface area contributed by atoms with Crippen LogP contribution in [0.25, 0.3) is 10.9 Å². The molecule has 5 rings (SSSR count). The van der Waals surface area contributed by atoms with Crippen molar-refractivity contribution in [1.29, 1.82) is 0 Å². The first-order valence-electron chi connectivity index (χ1n) is 11.2. The summed E-state index contributed by atoms with van der Waals surface area (Å²) < 4.78 is 94.1. The molecule has 2 N–H and O–H groups in total. The van der Waals surface area contributed by atoms with E-state index in [9.17, 15) is 40.0 Å². The number of anilines is 1. The number of nitrogens with one attached hydrogen (secondary N) is 2. The van der Waals surface area contributed by atoms with Crippen molar-refractivity contribution in [2.24, 2.45) is 7.05 Å². The highest BCUT2D eigenvalue weighted by molar-refractivity contribution is 7.90. The van der Waals surface area contributed by atoms with Gasteiger partial charge in [0.15, 0.2) is 14.9 Å². The number of alkyl halides is 3. The second-order valence-corrected chi connectivity index (χ2v) is 11.4. The lowest BCUT2D eigenvalue weighted by atomic mass is 9.94. The maximum atomic E-state index is 14.2. The van der Waals surface area contributed by atoms with Crippen LogP contribution in [0.2, 0.25) is 5.02 Å². The third-order valence-corrected chi connectivity index (χ3v) is 7.79. The van der Waals surface area contributed by atoms with Gasteiger partial charge in [-0.25, -0.2) is 17.2 Å². The second-order valence-electron chi connectivity index (χ2n) is 9.06. The Morgan fingerprint density at radius 2 is 1.80 bits per heavy atom. The fraction of sp³-hybridized carbons (Fsp3) is 0.160. The van der Waals surface area contributed by atoms with Gasteiger partial charge in [-0.05, 0) is 42.5 Å². The van der Waals surface area contributed by atoms with Crippen LogP contribution in [0, 0.1) is 11.6 Å². The van der Waals surface area contributed by atoms with E-state index < -0.39 is 56.6 Å². The lowest BCUT2D eigenvalue weighted by molar-refractivity contribution is -0.137. The molecule has 0 aliphatic carbocycles. The third-order valence-electron chi connectivity index (χ3n) is 6.26. The monoisotopic (exact) mass is 598 g/mol. The van der Waals surface area contributed by atoms with Crippen molar-refractivity contribution in [3.63, 3.8) is 0 Å². The summed E-state index contributed by atoms with van der Waals surface area (Å²) in [6.45, 7) is 0. The number of halogens is 6. The molecule has 0 bridgehead atoms. The average Bonchev–Trinajstić information content (AvgIpc) is 3.36. The number of rotatable bonds is 4. The van der Waals surface area contributed by atoms with Gasteiger partial charge in [-0.3, -0.25) is 14.3 Å². The van der Waals surface area contributed by atoms with Crippen molar-refractivity contribution in [2.45, 2.75) is 17.2 Å². The van der Waals surface area contributed by atoms with Gasteiger partial charge in [0.25, 0.3) is 11.8 Å². The molecular formula is C25H16ClF5N4O4S. The lowest BCUT2D eigenvalue weighted by Gasteiger charge is -2.18. The minimum Gasteiger partial charge on any atom is -0.341 e. The van der Waals surface area contributed by atoms with Gasteiger partial charge in [-0.2, -0.15) is 18.3 Å². The van der Waals surface area contributed by atoms with E-state index in [1.54, 1.807) is 0 Å². The molecule has 1 aliphatic heterocycles. The number of aromatic nitrogens is 2. The molecule has 1 atom stereocenters. The zero-order valence-corrected chi connectivity index (χ0v) is 21.9. The minimum absolute atomic E-state index is 0.00366. The molecule has 8 nitrogen and oxygen atoms in total. The van der Waals surface area contributed by atoms with E-state index in [0.29, 0.717) is 12.1 Å². The molecule has 15 heteroatoms. The van der Waals surface area contributed by atoms with Crippen LogP contribution in [0.4, 0.5) is 27.6 Å². The number of hydrogen-bond acceptors (Lipinski definition) is 5. The van der Waals surface area contributed by atoms with E-state index in [-0.39, 0.29) is 49.4 Å². The van der Waals surface area contributed by atoms with Crippen molar-refractivity contribution in [3.8, 4) is 0 Å². The SMILES string of the molecule is Cn1nc2c3c(c(NC(=O)c4cc(F)cc(C(F)(F)F)c4)cc2c1S(C)(=O)=O)C(c1cc(F)ccc1Cl)NC3=O. The first-order valence-corrected chi connectivity index (χ1v) is 13.5. The van der Waals surface area contributed by atoms with E-state index in [1.165, 1.54) is 19.2 Å². The van der Waals surface area contributed by atoms with Crippen LogP contribution in [-0.2, 0) is 23.1 Å². The summed E-state index contributed by atoms with van der Waals surface area (Å²) >= 11 is 6.28. The summed E-state index contributed by atoms with van der Waals surface area (Å²) in [6.07, 6.45) is -4.05. The number of nitrogens with zero attached hydrogens (tertiary/aromatic N) is 2. The van der Waals surface area contributed by atoms with Gasteiger partial charge in [-0.15, -0.1) is 0 Å². The first-order chi connectivity index (χ1) is 18.6. The summed E-state index contributed by atoms with van der Waals surface area (Å²) in [6, 6.07) is 4.61. The Kier molecular flexibility index (Phi) is 6.38.